The molecule has 0 heterocycles. The lowest BCUT2D eigenvalue weighted by Crippen LogP contribution is -2.17. The number of sulfonamides is 1. The van der Waals surface area contributed by atoms with Gasteiger partial charge in [0.05, 0.1) is 16.3 Å². The van der Waals surface area contributed by atoms with E-state index < -0.39 is 21.7 Å². The number of hydrogen-bond donors (Lipinski definition) is 2. The Morgan fingerprint density at radius 2 is 1.57 bits per heavy atom. The second-order valence-corrected chi connectivity index (χ2v) is 8.00. The van der Waals surface area contributed by atoms with Crippen molar-refractivity contribution in [1.82, 2.24) is 0 Å². The summed E-state index contributed by atoms with van der Waals surface area (Å²) in [6.45, 7) is 3.71. The van der Waals surface area contributed by atoms with Crippen LogP contribution in [0.4, 0.5) is 15.8 Å². The van der Waals surface area contributed by atoms with E-state index in [2.05, 4.69) is 10.0 Å². The molecule has 0 aromatic heterocycles. The van der Waals surface area contributed by atoms with Gasteiger partial charge in [-0.15, -0.1) is 0 Å². The van der Waals surface area contributed by atoms with Gasteiger partial charge in [0.15, 0.2) is 0 Å². The number of carbonyl (C=O) groups excluding carboxylic acids is 1. The molecule has 3 rings (SSSR count). The summed E-state index contributed by atoms with van der Waals surface area (Å²) < 4.78 is 41.8. The number of nitrogens with one attached hydrogen (secondary N) is 2. The number of aryl methyl sites for hydroxylation is 1. The average Bonchev–Trinajstić information content (AvgIpc) is 2.67. The molecule has 0 saturated heterocycles. The van der Waals surface area contributed by atoms with Crippen LogP contribution in [-0.4, -0.2) is 14.3 Å². The molecule has 144 valence electrons. The van der Waals surface area contributed by atoms with Crippen LogP contribution in [0.25, 0.3) is 0 Å². The van der Waals surface area contributed by atoms with Gasteiger partial charge in [0, 0.05) is 5.56 Å². The Kier molecular flexibility index (Phi) is 5.46. The first kappa shape index (κ1) is 19.6. The number of para-hydroxylation sites is 1. The number of rotatable bonds is 5. The normalized spacial score (nSPS) is 11.1. The Morgan fingerprint density at radius 3 is 2.32 bits per heavy atom. The minimum absolute atomic E-state index is 0.0225. The highest BCUT2D eigenvalue weighted by Gasteiger charge is 2.18. The predicted octanol–water partition coefficient (Wildman–Crippen LogP) is 4.50. The summed E-state index contributed by atoms with van der Waals surface area (Å²) in [5, 5.41) is 2.44. The zero-order valence-corrected chi connectivity index (χ0v) is 16.2. The lowest BCUT2D eigenvalue weighted by atomic mass is 10.1. The fourth-order valence-corrected chi connectivity index (χ4v) is 3.80. The third-order valence-corrected chi connectivity index (χ3v) is 5.74. The zero-order chi connectivity index (χ0) is 20.3. The van der Waals surface area contributed by atoms with Gasteiger partial charge in [-0.2, -0.15) is 0 Å². The topological polar surface area (TPSA) is 75.3 Å². The van der Waals surface area contributed by atoms with Crippen LogP contribution in [-0.2, 0) is 10.0 Å². The standard InChI is InChI=1S/C21H19FN2O3S/c1-14-7-5-12-19(15(14)2)24-28(26,27)17-9-6-8-16(13-17)21(25)23-20-11-4-3-10-18(20)22/h3-13,24H,1-2H3,(H,23,25). The first-order chi connectivity index (χ1) is 13.3. The van der Waals surface area contributed by atoms with Crippen LogP contribution in [0, 0.1) is 19.7 Å². The van der Waals surface area contributed by atoms with E-state index in [-0.39, 0.29) is 16.1 Å². The van der Waals surface area contributed by atoms with Gasteiger partial charge >= 0.3 is 0 Å². The Labute approximate surface area is 163 Å². The molecule has 28 heavy (non-hydrogen) atoms. The lowest BCUT2D eigenvalue weighted by Gasteiger charge is -2.13. The lowest BCUT2D eigenvalue weighted by molar-refractivity contribution is 0.102. The van der Waals surface area contributed by atoms with Gasteiger partial charge in [-0.3, -0.25) is 9.52 Å². The smallest absolute Gasteiger partial charge is 0.261 e. The summed E-state index contributed by atoms with van der Waals surface area (Å²) in [6, 6.07) is 16.7. The molecule has 3 aromatic rings. The van der Waals surface area contributed by atoms with Crippen molar-refractivity contribution in [2.45, 2.75) is 18.7 Å². The first-order valence-electron chi connectivity index (χ1n) is 8.53. The van der Waals surface area contributed by atoms with E-state index >= 15 is 0 Å². The molecule has 7 heteroatoms. The summed E-state index contributed by atoms with van der Waals surface area (Å²) in [7, 11) is -3.89. The van der Waals surface area contributed by atoms with Crippen LogP contribution in [0.1, 0.15) is 21.5 Å². The second-order valence-electron chi connectivity index (χ2n) is 6.31. The van der Waals surface area contributed by atoms with Crippen molar-refractivity contribution in [2.24, 2.45) is 0 Å². The highest BCUT2D eigenvalue weighted by Crippen LogP contribution is 2.23. The van der Waals surface area contributed by atoms with Crippen molar-refractivity contribution in [3.05, 3.63) is 89.2 Å². The molecule has 0 spiro atoms. The van der Waals surface area contributed by atoms with Crippen LogP contribution in [0.15, 0.2) is 71.6 Å². The summed E-state index contributed by atoms with van der Waals surface area (Å²) in [6.07, 6.45) is 0. The second kappa shape index (κ2) is 7.82. The van der Waals surface area contributed by atoms with Crippen LogP contribution in [0.5, 0.6) is 0 Å². The zero-order valence-electron chi connectivity index (χ0n) is 15.4. The first-order valence-corrected chi connectivity index (χ1v) is 10.0. The molecule has 0 bridgehead atoms. The molecule has 0 unspecified atom stereocenters. The number of anilines is 2. The van der Waals surface area contributed by atoms with E-state index in [1.165, 1.54) is 42.5 Å². The van der Waals surface area contributed by atoms with Crippen LogP contribution in [0.3, 0.4) is 0 Å². The van der Waals surface area contributed by atoms with Crippen molar-refractivity contribution in [3.63, 3.8) is 0 Å². The molecular formula is C21H19FN2O3S. The molecule has 0 saturated carbocycles. The summed E-state index contributed by atoms with van der Waals surface area (Å²) in [4.78, 5) is 12.3. The van der Waals surface area contributed by atoms with E-state index in [4.69, 9.17) is 0 Å². The fraction of sp³-hybridized carbons (Fsp3) is 0.0952. The van der Waals surface area contributed by atoms with Crippen molar-refractivity contribution in [1.29, 1.82) is 0 Å². The molecule has 2 N–H and O–H groups in total. The van der Waals surface area contributed by atoms with Crippen molar-refractivity contribution >= 4 is 27.3 Å². The van der Waals surface area contributed by atoms with Crippen LogP contribution in [0.2, 0.25) is 0 Å². The number of carbonyl (C=O) groups is 1. The molecule has 0 radical (unpaired) electrons. The van der Waals surface area contributed by atoms with Gasteiger partial charge in [-0.25, -0.2) is 12.8 Å². The fourth-order valence-electron chi connectivity index (χ4n) is 2.63. The van der Waals surface area contributed by atoms with Gasteiger partial charge in [0.25, 0.3) is 15.9 Å². The Hall–Kier alpha value is -3.19. The molecule has 3 aromatic carbocycles. The minimum Gasteiger partial charge on any atom is -0.319 e. The Bertz CT molecular complexity index is 1140. The number of hydrogen-bond acceptors (Lipinski definition) is 3. The van der Waals surface area contributed by atoms with E-state index in [1.54, 1.807) is 18.2 Å². The van der Waals surface area contributed by atoms with Gasteiger partial charge < -0.3 is 5.32 Å². The van der Waals surface area contributed by atoms with E-state index in [1.807, 2.05) is 19.9 Å². The van der Waals surface area contributed by atoms with E-state index in [0.717, 1.165) is 11.1 Å². The van der Waals surface area contributed by atoms with E-state index in [0.29, 0.717) is 5.69 Å². The maximum atomic E-state index is 13.7. The Balaban J connectivity index is 1.86. The molecule has 0 aliphatic heterocycles. The number of halogens is 1. The van der Waals surface area contributed by atoms with Crippen molar-refractivity contribution in [3.8, 4) is 0 Å². The monoisotopic (exact) mass is 398 g/mol. The number of amides is 1. The average molecular weight is 398 g/mol. The maximum Gasteiger partial charge on any atom is 0.261 e. The molecule has 0 atom stereocenters. The largest absolute Gasteiger partial charge is 0.319 e. The van der Waals surface area contributed by atoms with Gasteiger partial charge in [-0.1, -0.05) is 30.3 Å². The third kappa shape index (κ3) is 4.20. The summed E-state index contributed by atoms with van der Waals surface area (Å²) in [5.74, 6) is -1.18. The summed E-state index contributed by atoms with van der Waals surface area (Å²) in [5.41, 5.74) is 2.38. The molecule has 1 amide bonds. The van der Waals surface area contributed by atoms with Gasteiger partial charge in [0.2, 0.25) is 0 Å². The van der Waals surface area contributed by atoms with Crippen molar-refractivity contribution in [2.75, 3.05) is 10.0 Å². The quantitative estimate of drug-likeness (QED) is 0.665. The van der Waals surface area contributed by atoms with Crippen molar-refractivity contribution < 1.29 is 17.6 Å². The van der Waals surface area contributed by atoms with Crippen LogP contribution < -0.4 is 10.0 Å². The Morgan fingerprint density at radius 1 is 0.893 bits per heavy atom. The van der Waals surface area contributed by atoms with Crippen LogP contribution >= 0.6 is 0 Å². The highest BCUT2D eigenvalue weighted by atomic mass is 32.2. The molecule has 0 fully saturated rings. The van der Waals surface area contributed by atoms with E-state index in [9.17, 15) is 17.6 Å². The number of benzene rings is 3. The molecule has 5 nitrogen and oxygen atoms in total. The molecule has 0 aliphatic rings. The SMILES string of the molecule is Cc1cccc(NS(=O)(=O)c2cccc(C(=O)Nc3ccccc3F)c2)c1C. The third-order valence-electron chi connectivity index (χ3n) is 4.38. The molecule has 0 aliphatic carbocycles. The molecular weight excluding hydrogens is 379 g/mol. The maximum absolute atomic E-state index is 13.7. The highest BCUT2D eigenvalue weighted by molar-refractivity contribution is 7.92. The predicted molar refractivity (Wildman–Crippen MR) is 108 cm³/mol. The summed E-state index contributed by atoms with van der Waals surface area (Å²) >= 11 is 0. The van der Waals surface area contributed by atoms with Gasteiger partial charge in [-0.05, 0) is 61.4 Å². The minimum atomic E-state index is -3.89. The van der Waals surface area contributed by atoms with Gasteiger partial charge in [0.1, 0.15) is 5.82 Å².